The number of nitrogens with zero attached hydrogens (tertiary/aromatic N) is 4. The van der Waals surface area contributed by atoms with Crippen molar-refractivity contribution in [3.8, 4) is 0 Å². The number of hydrogen-bond donors (Lipinski definition) is 1. The third kappa shape index (κ3) is 4.12. The fourth-order valence-corrected chi connectivity index (χ4v) is 4.75. The van der Waals surface area contributed by atoms with Gasteiger partial charge < -0.3 is 9.47 Å². The molecule has 3 heterocycles. The zero-order valence-electron chi connectivity index (χ0n) is 17.4. The number of nitrogens with one attached hydrogen (secondary N) is 1. The zero-order valence-corrected chi connectivity index (χ0v) is 18.2. The van der Waals surface area contributed by atoms with Crippen molar-refractivity contribution in [3.05, 3.63) is 65.4 Å². The average molecular weight is 448 g/mol. The number of halogens is 2. The standard InChI is InChI=1S/C21H23F2N5O2S/c1-13(2)21-25-18-12-28(9-8-19(18)27(21)3)20-7-5-15(11-24-20)31(29,30)26-14-4-6-16(22)17(23)10-14/h4-7,10-11,13,26H,8-9,12H2,1-3H3. The van der Waals surface area contributed by atoms with Gasteiger partial charge in [0.2, 0.25) is 0 Å². The van der Waals surface area contributed by atoms with Gasteiger partial charge in [-0.3, -0.25) is 4.72 Å². The lowest BCUT2D eigenvalue weighted by Crippen LogP contribution is -2.31. The number of aromatic nitrogens is 3. The summed E-state index contributed by atoms with van der Waals surface area (Å²) in [5.74, 6) is -0.159. The van der Waals surface area contributed by atoms with Crippen molar-refractivity contribution < 1.29 is 17.2 Å². The Labute approximate surface area is 179 Å². The molecule has 2 aromatic heterocycles. The van der Waals surface area contributed by atoms with Crippen molar-refractivity contribution in [1.29, 1.82) is 0 Å². The smallest absolute Gasteiger partial charge is 0.263 e. The molecule has 0 radical (unpaired) electrons. The van der Waals surface area contributed by atoms with E-state index in [0.717, 1.165) is 42.7 Å². The molecule has 0 spiro atoms. The van der Waals surface area contributed by atoms with Gasteiger partial charge in [0, 0.05) is 43.9 Å². The summed E-state index contributed by atoms with van der Waals surface area (Å²) in [6.07, 6.45) is 2.08. The van der Waals surface area contributed by atoms with Crippen LogP contribution in [-0.4, -0.2) is 29.5 Å². The molecule has 1 aromatic carbocycles. The summed E-state index contributed by atoms with van der Waals surface area (Å²) in [5, 5.41) is 0. The lowest BCUT2D eigenvalue weighted by Gasteiger charge is -2.27. The first-order chi connectivity index (χ1) is 14.7. The molecule has 0 bridgehead atoms. The average Bonchev–Trinajstić information content (AvgIpc) is 3.07. The normalized spacial score (nSPS) is 14.1. The quantitative estimate of drug-likeness (QED) is 0.647. The molecule has 10 heteroatoms. The number of rotatable bonds is 5. The molecule has 0 unspecified atom stereocenters. The van der Waals surface area contributed by atoms with Crippen LogP contribution in [0.2, 0.25) is 0 Å². The minimum absolute atomic E-state index is 0.0670. The van der Waals surface area contributed by atoms with Crippen molar-refractivity contribution in [1.82, 2.24) is 14.5 Å². The van der Waals surface area contributed by atoms with Crippen molar-refractivity contribution >= 4 is 21.5 Å². The Balaban J connectivity index is 1.51. The van der Waals surface area contributed by atoms with Gasteiger partial charge in [-0.1, -0.05) is 13.8 Å². The number of fused-ring (bicyclic) bond motifs is 1. The van der Waals surface area contributed by atoms with Crippen molar-refractivity contribution in [2.24, 2.45) is 7.05 Å². The Morgan fingerprint density at radius 2 is 1.90 bits per heavy atom. The topological polar surface area (TPSA) is 80.1 Å². The van der Waals surface area contributed by atoms with Crippen LogP contribution in [0.4, 0.5) is 20.3 Å². The van der Waals surface area contributed by atoms with Gasteiger partial charge in [0.1, 0.15) is 16.5 Å². The van der Waals surface area contributed by atoms with Crippen LogP contribution < -0.4 is 9.62 Å². The van der Waals surface area contributed by atoms with Crippen LogP contribution in [-0.2, 0) is 30.0 Å². The van der Waals surface area contributed by atoms with Gasteiger partial charge >= 0.3 is 0 Å². The van der Waals surface area contributed by atoms with Crippen LogP contribution in [0.5, 0.6) is 0 Å². The van der Waals surface area contributed by atoms with E-state index in [2.05, 4.69) is 33.0 Å². The minimum atomic E-state index is -3.99. The molecule has 1 N–H and O–H groups in total. The fraction of sp³-hybridized carbons (Fsp3) is 0.333. The molecule has 1 aliphatic heterocycles. The third-order valence-corrected chi connectivity index (χ3v) is 6.70. The fourth-order valence-electron chi connectivity index (χ4n) is 3.75. The molecule has 164 valence electrons. The summed E-state index contributed by atoms with van der Waals surface area (Å²) in [6.45, 7) is 5.57. The first-order valence-corrected chi connectivity index (χ1v) is 11.4. The van der Waals surface area contributed by atoms with Gasteiger partial charge in [-0.2, -0.15) is 0 Å². The molecule has 3 aromatic rings. The van der Waals surface area contributed by atoms with Crippen LogP contribution in [0.3, 0.4) is 0 Å². The molecule has 4 rings (SSSR count). The summed E-state index contributed by atoms with van der Waals surface area (Å²) in [7, 11) is -1.95. The first-order valence-electron chi connectivity index (χ1n) is 9.89. The predicted molar refractivity (Wildman–Crippen MR) is 113 cm³/mol. The van der Waals surface area contributed by atoms with Crippen molar-refractivity contribution in [3.63, 3.8) is 0 Å². The Morgan fingerprint density at radius 1 is 1.13 bits per heavy atom. The summed E-state index contributed by atoms with van der Waals surface area (Å²) < 4.78 is 55.9. The van der Waals surface area contributed by atoms with E-state index in [1.807, 2.05) is 7.05 Å². The number of hydrogen-bond acceptors (Lipinski definition) is 5. The van der Waals surface area contributed by atoms with Crippen molar-refractivity contribution in [2.45, 2.75) is 37.6 Å². The number of sulfonamides is 1. The lowest BCUT2D eigenvalue weighted by atomic mass is 10.1. The highest BCUT2D eigenvalue weighted by atomic mass is 32.2. The molecule has 0 amide bonds. The molecule has 0 atom stereocenters. The Hall–Kier alpha value is -3.01. The Bertz CT molecular complexity index is 1220. The summed E-state index contributed by atoms with van der Waals surface area (Å²) in [6, 6.07) is 5.89. The zero-order chi connectivity index (χ0) is 22.3. The second-order valence-electron chi connectivity index (χ2n) is 7.84. The molecule has 31 heavy (non-hydrogen) atoms. The highest BCUT2D eigenvalue weighted by Crippen LogP contribution is 2.26. The maximum Gasteiger partial charge on any atom is 0.263 e. The Kier molecular flexibility index (Phi) is 5.42. The van der Waals surface area contributed by atoms with Crippen LogP contribution in [0.15, 0.2) is 41.4 Å². The van der Waals surface area contributed by atoms with Crippen LogP contribution >= 0.6 is 0 Å². The van der Waals surface area contributed by atoms with Crippen LogP contribution in [0.1, 0.15) is 37.0 Å². The largest absolute Gasteiger partial charge is 0.350 e. The summed E-state index contributed by atoms with van der Waals surface area (Å²) >= 11 is 0. The second kappa shape index (κ2) is 7.92. The van der Waals surface area contributed by atoms with E-state index in [1.165, 1.54) is 18.0 Å². The van der Waals surface area contributed by atoms with Crippen LogP contribution in [0, 0.1) is 11.6 Å². The van der Waals surface area contributed by atoms with E-state index < -0.39 is 21.7 Å². The number of pyridine rings is 1. The van der Waals surface area contributed by atoms with E-state index in [1.54, 1.807) is 6.07 Å². The predicted octanol–water partition coefficient (Wildman–Crippen LogP) is 3.58. The molecule has 0 saturated carbocycles. The summed E-state index contributed by atoms with van der Waals surface area (Å²) in [4.78, 5) is 11.1. The summed E-state index contributed by atoms with van der Waals surface area (Å²) in [5.41, 5.74) is 2.16. The highest BCUT2D eigenvalue weighted by Gasteiger charge is 2.25. The third-order valence-electron chi connectivity index (χ3n) is 5.33. The van der Waals surface area contributed by atoms with Gasteiger partial charge in [0.05, 0.1) is 17.9 Å². The van der Waals surface area contributed by atoms with Gasteiger partial charge in [0.15, 0.2) is 11.6 Å². The van der Waals surface area contributed by atoms with Crippen molar-refractivity contribution in [2.75, 3.05) is 16.2 Å². The minimum Gasteiger partial charge on any atom is -0.350 e. The molecule has 0 saturated heterocycles. The first kappa shape index (κ1) is 21.2. The van der Waals surface area contributed by atoms with E-state index >= 15 is 0 Å². The van der Waals surface area contributed by atoms with Gasteiger partial charge in [-0.15, -0.1) is 0 Å². The van der Waals surface area contributed by atoms with Gasteiger partial charge in [-0.05, 0) is 24.3 Å². The maximum atomic E-state index is 13.4. The molecular weight excluding hydrogens is 424 g/mol. The van der Waals surface area contributed by atoms with E-state index in [0.29, 0.717) is 18.3 Å². The second-order valence-corrected chi connectivity index (χ2v) is 9.52. The SMILES string of the molecule is CC(C)c1nc2c(n1C)CCN(c1ccc(S(=O)(=O)Nc3ccc(F)c(F)c3)cn1)C2. The Morgan fingerprint density at radius 3 is 2.55 bits per heavy atom. The van der Waals surface area contributed by atoms with E-state index in [-0.39, 0.29) is 10.6 Å². The molecular formula is C21H23F2N5O2S. The molecule has 0 fully saturated rings. The highest BCUT2D eigenvalue weighted by molar-refractivity contribution is 7.92. The number of anilines is 2. The van der Waals surface area contributed by atoms with E-state index in [4.69, 9.17) is 4.98 Å². The lowest BCUT2D eigenvalue weighted by molar-refractivity contribution is 0.509. The van der Waals surface area contributed by atoms with Crippen LogP contribution in [0.25, 0.3) is 0 Å². The maximum absolute atomic E-state index is 13.4. The number of imidazole rings is 1. The van der Waals surface area contributed by atoms with Gasteiger partial charge in [0.25, 0.3) is 10.0 Å². The molecule has 0 aliphatic carbocycles. The number of benzene rings is 1. The molecule has 7 nitrogen and oxygen atoms in total. The molecule has 1 aliphatic rings. The monoisotopic (exact) mass is 447 g/mol. The van der Waals surface area contributed by atoms with E-state index in [9.17, 15) is 17.2 Å². The van der Waals surface area contributed by atoms with Gasteiger partial charge in [-0.25, -0.2) is 27.2 Å².